The van der Waals surface area contributed by atoms with E-state index in [0.717, 1.165) is 16.7 Å². The molecule has 0 unspecified atom stereocenters. The molecule has 0 saturated heterocycles. The quantitative estimate of drug-likeness (QED) is 0.468. The molecule has 1 aromatic carbocycles. The van der Waals surface area contributed by atoms with Crippen LogP contribution in [0, 0.1) is 0 Å². The SMILES string of the molecule is C=C(C)CNC(N)=NCc1ccnc(OCc2ccccc2)c1. The zero-order valence-electron chi connectivity index (χ0n) is 13.3. The number of nitrogens with two attached hydrogens (primary N) is 1. The van der Waals surface area contributed by atoms with E-state index in [2.05, 4.69) is 21.9 Å². The fraction of sp³-hybridized carbons (Fsp3) is 0.222. The first kappa shape index (κ1) is 16.5. The van der Waals surface area contributed by atoms with E-state index in [9.17, 15) is 0 Å². The number of guanidine groups is 1. The van der Waals surface area contributed by atoms with Gasteiger partial charge in [-0.25, -0.2) is 9.98 Å². The number of ether oxygens (including phenoxy) is 1. The highest BCUT2D eigenvalue weighted by Crippen LogP contribution is 2.12. The van der Waals surface area contributed by atoms with Crippen LogP contribution in [0.25, 0.3) is 0 Å². The van der Waals surface area contributed by atoms with Crippen LogP contribution in [-0.4, -0.2) is 17.5 Å². The van der Waals surface area contributed by atoms with Crippen LogP contribution in [0.15, 0.2) is 65.8 Å². The Bertz CT molecular complexity index is 668. The Hall–Kier alpha value is -2.82. The second kappa shape index (κ2) is 8.58. The van der Waals surface area contributed by atoms with Crippen molar-refractivity contribution in [2.24, 2.45) is 10.7 Å². The fourth-order valence-electron chi connectivity index (χ4n) is 1.83. The van der Waals surface area contributed by atoms with Crippen molar-refractivity contribution in [3.05, 3.63) is 71.9 Å². The third-order valence-electron chi connectivity index (χ3n) is 3.03. The van der Waals surface area contributed by atoms with Crippen molar-refractivity contribution in [1.82, 2.24) is 10.3 Å². The van der Waals surface area contributed by atoms with Crippen LogP contribution < -0.4 is 15.8 Å². The third kappa shape index (κ3) is 6.22. The second-order valence-corrected chi connectivity index (χ2v) is 5.29. The highest BCUT2D eigenvalue weighted by molar-refractivity contribution is 5.78. The molecular formula is C18H22N4O. The highest BCUT2D eigenvalue weighted by Gasteiger charge is 2.00. The lowest BCUT2D eigenvalue weighted by Gasteiger charge is -2.07. The van der Waals surface area contributed by atoms with Gasteiger partial charge in [-0.05, 0) is 24.1 Å². The molecule has 0 aliphatic heterocycles. The number of hydrogen-bond acceptors (Lipinski definition) is 3. The maximum absolute atomic E-state index is 5.79. The standard InChI is InChI=1S/C18H22N4O/c1-14(2)11-21-18(19)22-12-16-8-9-20-17(10-16)23-13-15-6-4-3-5-7-15/h3-10H,1,11-13H2,2H3,(H3,19,21,22). The maximum Gasteiger partial charge on any atom is 0.213 e. The summed E-state index contributed by atoms with van der Waals surface area (Å²) in [6.07, 6.45) is 1.71. The molecule has 2 aromatic rings. The maximum atomic E-state index is 5.79. The average Bonchev–Trinajstić information content (AvgIpc) is 2.57. The minimum atomic E-state index is 0.400. The lowest BCUT2D eigenvalue weighted by molar-refractivity contribution is 0.293. The number of aromatic nitrogens is 1. The van der Waals surface area contributed by atoms with Crippen molar-refractivity contribution in [3.8, 4) is 5.88 Å². The van der Waals surface area contributed by atoms with Gasteiger partial charge in [-0.15, -0.1) is 0 Å². The molecule has 3 N–H and O–H groups in total. The van der Waals surface area contributed by atoms with E-state index in [1.807, 2.05) is 49.4 Å². The Labute approximate surface area is 136 Å². The van der Waals surface area contributed by atoms with Gasteiger partial charge in [0, 0.05) is 18.8 Å². The van der Waals surface area contributed by atoms with Crippen molar-refractivity contribution in [2.75, 3.05) is 6.54 Å². The molecule has 120 valence electrons. The van der Waals surface area contributed by atoms with Gasteiger partial charge in [-0.1, -0.05) is 42.5 Å². The van der Waals surface area contributed by atoms with Gasteiger partial charge < -0.3 is 15.8 Å². The highest BCUT2D eigenvalue weighted by atomic mass is 16.5. The summed E-state index contributed by atoms with van der Waals surface area (Å²) in [5.74, 6) is 0.978. The average molecular weight is 310 g/mol. The summed E-state index contributed by atoms with van der Waals surface area (Å²) in [5, 5.41) is 2.99. The monoisotopic (exact) mass is 310 g/mol. The molecule has 1 aromatic heterocycles. The Balaban J connectivity index is 1.89. The number of hydrogen-bond donors (Lipinski definition) is 2. The lowest BCUT2D eigenvalue weighted by Crippen LogP contribution is -2.32. The van der Waals surface area contributed by atoms with E-state index >= 15 is 0 Å². The van der Waals surface area contributed by atoms with E-state index in [1.54, 1.807) is 6.20 Å². The molecule has 5 nitrogen and oxygen atoms in total. The summed E-state index contributed by atoms with van der Waals surface area (Å²) < 4.78 is 5.70. The Morgan fingerprint density at radius 3 is 2.78 bits per heavy atom. The number of pyridine rings is 1. The minimum Gasteiger partial charge on any atom is -0.473 e. The van der Waals surface area contributed by atoms with Gasteiger partial charge in [0.15, 0.2) is 5.96 Å². The van der Waals surface area contributed by atoms with E-state index < -0.39 is 0 Å². The fourth-order valence-corrected chi connectivity index (χ4v) is 1.83. The first-order valence-electron chi connectivity index (χ1n) is 7.43. The third-order valence-corrected chi connectivity index (χ3v) is 3.03. The van der Waals surface area contributed by atoms with Crippen LogP contribution in [-0.2, 0) is 13.2 Å². The molecule has 0 aliphatic carbocycles. The van der Waals surface area contributed by atoms with Crippen LogP contribution in [0.4, 0.5) is 0 Å². The molecule has 0 aliphatic rings. The molecule has 0 bridgehead atoms. The van der Waals surface area contributed by atoms with Gasteiger partial charge in [0.1, 0.15) is 6.61 Å². The number of benzene rings is 1. The van der Waals surface area contributed by atoms with Crippen molar-refractivity contribution < 1.29 is 4.74 Å². The van der Waals surface area contributed by atoms with Crippen LogP contribution in [0.3, 0.4) is 0 Å². The van der Waals surface area contributed by atoms with E-state index in [0.29, 0.717) is 31.5 Å². The largest absolute Gasteiger partial charge is 0.473 e. The van der Waals surface area contributed by atoms with Crippen molar-refractivity contribution >= 4 is 5.96 Å². The first-order chi connectivity index (χ1) is 11.1. The van der Waals surface area contributed by atoms with Gasteiger partial charge in [-0.2, -0.15) is 0 Å². The van der Waals surface area contributed by atoms with Gasteiger partial charge in [0.05, 0.1) is 6.54 Å². The molecule has 0 saturated carbocycles. The number of aliphatic imine (C=N–C) groups is 1. The Morgan fingerprint density at radius 2 is 2.04 bits per heavy atom. The van der Waals surface area contributed by atoms with E-state index in [4.69, 9.17) is 10.5 Å². The lowest BCUT2D eigenvalue weighted by atomic mass is 10.2. The van der Waals surface area contributed by atoms with Crippen LogP contribution >= 0.6 is 0 Å². The van der Waals surface area contributed by atoms with Crippen LogP contribution in [0.5, 0.6) is 5.88 Å². The Morgan fingerprint density at radius 1 is 1.26 bits per heavy atom. The molecular weight excluding hydrogens is 288 g/mol. The predicted molar refractivity (Wildman–Crippen MR) is 93.2 cm³/mol. The molecule has 0 amide bonds. The molecule has 5 heteroatoms. The second-order valence-electron chi connectivity index (χ2n) is 5.29. The van der Waals surface area contributed by atoms with Crippen LogP contribution in [0.1, 0.15) is 18.1 Å². The molecule has 0 atom stereocenters. The molecule has 0 radical (unpaired) electrons. The van der Waals surface area contributed by atoms with Gasteiger partial charge >= 0.3 is 0 Å². The zero-order valence-corrected chi connectivity index (χ0v) is 13.3. The first-order valence-corrected chi connectivity index (χ1v) is 7.43. The van der Waals surface area contributed by atoms with Gasteiger partial charge in [0.2, 0.25) is 5.88 Å². The molecule has 23 heavy (non-hydrogen) atoms. The van der Waals surface area contributed by atoms with Crippen molar-refractivity contribution in [1.29, 1.82) is 0 Å². The van der Waals surface area contributed by atoms with Crippen molar-refractivity contribution in [2.45, 2.75) is 20.1 Å². The summed E-state index contributed by atoms with van der Waals surface area (Å²) in [5.41, 5.74) is 8.89. The minimum absolute atomic E-state index is 0.400. The van der Waals surface area contributed by atoms with Crippen molar-refractivity contribution in [3.63, 3.8) is 0 Å². The number of nitrogens with one attached hydrogen (secondary N) is 1. The smallest absolute Gasteiger partial charge is 0.213 e. The topological polar surface area (TPSA) is 72.5 Å². The Kier molecular flexibility index (Phi) is 6.17. The summed E-state index contributed by atoms with van der Waals surface area (Å²) in [6.45, 7) is 7.32. The molecule has 1 heterocycles. The summed E-state index contributed by atoms with van der Waals surface area (Å²) in [6, 6.07) is 13.7. The molecule has 2 rings (SSSR count). The van der Waals surface area contributed by atoms with Gasteiger partial charge in [-0.3, -0.25) is 0 Å². The molecule has 0 fully saturated rings. The van der Waals surface area contributed by atoms with E-state index in [-0.39, 0.29) is 0 Å². The summed E-state index contributed by atoms with van der Waals surface area (Å²) in [7, 11) is 0. The predicted octanol–water partition coefficient (Wildman–Crippen LogP) is 2.64. The zero-order chi connectivity index (χ0) is 16.5. The summed E-state index contributed by atoms with van der Waals surface area (Å²) >= 11 is 0. The number of nitrogens with zero attached hydrogens (tertiary/aromatic N) is 2. The number of rotatable bonds is 7. The van der Waals surface area contributed by atoms with E-state index in [1.165, 1.54) is 0 Å². The normalized spacial score (nSPS) is 11.1. The summed E-state index contributed by atoms with van der Waals surface area (Å²) in [4.78, 5) is 8.50. The molecule has 0 spiro atoms. The van der Waals surface area contributed by atoms with Gasteiger partial charge in [0.25, 0.3) is 0 Å². The van der Waals surface area contributed by atoms with Crippen LogP contribution in [0.2, 0.25) is 0 Å².